The van der Waals surface area contributed by atoms with E-state index in [1.54, 1.807) is 0 Å². The molecule has 1 saturated heterocycles. The fourth-order valence-corrected chi connectivity index (χ4v) is 4.01. The predicted molar refractivity (Wildman–Crippen MR) is 117 cm³/mol. The number of fused-ring (bicyclic) bond motifs is 3. The molecule has 1 aromatic carbocycles. The van der Waals surface area contributed by atoms with Crippen molar-refractivity contribution < 1.29 is 14.2 Å². The van der Waals surface area contributed by atoms with Crippen molar-refractivity contribution >= 4 is 43.7 Å². The van der Waals surface area contributed by atoms with E-state index in [2.05, 4.69) is 38.5 Å². The lowest BCUT2D eigenvalue weighted by molar-refractivity contribution is -0.284. The SMILES string of the molecule is CCOCc1nc2c(N)nc3cc(Br)ccc3c2n1CC1(C)COC(C)(C)OC1. The second-order valence-electron chi connectivity index (χ2n) is 8.39. The van der Waals surface area contributed by atoms with E-state index in [0.717, 1.165) is 26.7 Å². The van der Waals surface area contributed by atoms with Crippen molar-refractivity contribution in [1.29, 1.82) is 0 Å². The summed E-state index contributed by atoms with van der Waals surface area (Å²) >= 11 is 3.52. The molecular formula is C21H27BrN4O3. The van der Waals surface area contributed by atoms with Crippen molar-refractivity contribution in [2.24, 2.45) is 5.41 Å². The molecule has 8 heteroatoms. The van der Waals surface area contributed by atoms with Gasteiger partial charge in [0.15, 0.2) is 11.6 Å². The number of nitrogen functional groups attached to an aromatic ring is 1. The monoisotopic (exact) mass is 462 g/mol. The van der Waals surface area contributed by atoms with Gasteiger partial charge in [0, 0.05) is 28.4 Å². The molecule has 2 N–H and O–H groups in total. The number of anilines is 1. The van der Waals surface area contributed by atoms with E-state index < -0.39 is 5.79 Å². The Labute approximate surface area is 178 Å². The van der Waals surface area contributed by atoms with Crippen molar-refractivity contribution in [3.63, 3.8) is 0 Å². The summed E-state index contributed by atoms with van der Waals surface area (Å²) in [7, 11) is 0. The summed E-state index contributed by atoms with van der Waals surface area (Å²) < 4.78 is 20.8. The minimum Gasteiger partial charge on any atom is -0.382 e. The molecule has 2 aromatic heterocycles. The van der Waals surface area contributed by atoms with Crippen LogP contribution in [0.2, 0.25) is 0 Å². The highest BCUT2D eigenvalue weighted by Crippen LogP contribution is 2.35. The number of hydrogen-bond acceptors (Lipinski definition) is 6. The number of nitrogens with two attached hydrogens (primary N) is 1. The number of aromatic nitrogens is 3. The lowest BCUT2D eigenvalue weighted by atomic mass is 9.91. The lowest BCUT2D eigenvalue weighted by Crippen LogP contribution is -2.47. The lowest BCUT2D eigenvalue weighted by Gasteiger charge is -2.41. The minimum atomic E-state index is -0.558. The zero-order chi connectivity index (χ0) is 20.8. The molecule has 29 heavy (non-hydrogen) atoms. The van der Waals surface area contributed by atoms with Gasteiger partial charge in [0.1, 0.15) is 17.9 Å². The van der Waals surface area contributed by atoms with Crippen LogP contribution >= 0.6 is 15.9 Å². The van der Waals surface area contributed by atoms with Crippen LogP contribution in [0.1, 0.15) is 33.5 Å². The molecule has 0 spiro atoms. The van der Waals surface area contributed by atoms with Gasteiger partial charge < -0.3 is 24.5 Å². The van der Waals surface area contributed by atoms with Gasteiger partial charge in [-0.2, -0.15) is 0 Å². The second kappa shape index (κ2) is 7.50. The molecule has 0 atom stereocenters. The zero-order valence-electron chi connectivity index (χ0n) is 17.3. The molecule has 3 heterocycles. The highest BCUT2D eigenvalue weighted by Gasteiger charge is 2.38. The molecule has 0 radical (unpaired) electrons. The number of halogens is 1. The zero-order valence-corrected chi connectivity index (χ0v) is 18.9. The largest absolute Gasteiger partial charge is 0.382 e. The number of imidazole rings is 1. The summed E-state index contributed by atoms with van der Waals surface area (Å²) in [5, 5.41) is 1.01. The van der Waals surface area contributed by atoms with Crippen LogP contribution in [-0.4, -0.2) is 40.1 Å². The maximum Gasteiger partial charge on any atom is 0.162 e. The highest BCUT2D eigenvalue weighted by molar-refractivity contribution is 9.10. The molecule has 7 nitrogen and oxygen atoms in total. The first kappa shape index (κ1) is 20.5. The summed E-state index contributed by atoms with van der Waals surface area (Å²) in [6.07, 6.45) is 0. The van der Waals surface area contributed by atoms with E-state index in [9.17, 15) is 0 Å². The van der Waals surface area contributed by atoms with E-state index in [-0.39, 0.29) is 5.41 Å². The Hall–Kier alpha value is -1.74. The van der Waals surface area contributed by atoms with E-state index in [0.29, 0.717) is 44.3 Å². The summed E-state index contributed by atoms with van der Waals surface area (Å²) in [5.41, 5.74) is 8.60. The molecule has 156 valence electrons. The number of pyridine rings is 1. The van der Waals surface area contributed by atoms with E-state index in [1.807, 2.05) is 32.9 Å². The van der Waals surface area contributed by atoms with Crippen LogP contribution in [0.5, 0.6) is 0 Å². The number of hydrogen-bond donors (Lipinski definition) is 1. The Kier molecular flexibility index (Phi) is 5.31. The highest BCUT2D eigenvalue weighted by atomic mass is 79.9. The summed E-state index contributed by atoms with van der Waals surface area (Å²) in [4.78, 5) is 9.37. The van der Waals surface area contributed by atoms with Crippen LogP contribution < -0.4 is 5.73 Å². The van der Waals surface area contributed by atoms with Crippen molar-refractivity contribution in [2.75, 3.05) is 25.6 Å². The van der Waals surface area contributed by atoms with Gasteiger partial charge in [0.05, 0.1) is 24.2 Å². The quantitative estimate of drug-likeness (QED) is 0.609. The van der Waals surface area contributed by atoms with Crippen molar-refractivity contribution in [3.8, 4) is 0 Å². The molecule has 0 unspecified atom stereocenters. The topological polar surface area (TPSA) is 84.4 Å². The number of nitrogens with zero attached hydrogens (tertiary/aromatic N) is 3. The smallest absolute Gasteiger partial charge is 0.162 e. The molecule has 0 bridgehead atoms. The summed E-state index contributed by atoms with van der Waals surface area (Å²) in [6, 6.07) is 6.04. The molecule has 0 aliphatic carbocycles. The van der Waals surface area contributed by atoms with E-state index in [4.69, 9.17) is 24.9 Å². The third kappa shape index (κ3) is 3.99. The first-order valence-electron chi connectivity index (χ1n) is 9.81. The van der Waals surface area contributed by atoms with Crippen molar-refractivity contribution in [3.05, 3.63) is 28.5 Å². The van der Waals surface area contributed by atoms with Crippen LogP contribution in [-0.2, 0) is 27.4 Å². The van der Waals surface area contributed by atoms with Crippen LogP contribution in [0.4, 0.5) is 5.82 Å². The predicted octanol–water partition coefficient (Wildman–Crippen LogP) is 4.25. The molecule has 1 aliphatic rings. The Morgan fingerprint density at radius 1 is 1.21 bits per heavy atom. The summed E-state index contributed by atoms with van der Waals surface area (Å²) in [6.45, 7) is 10.9. The van der Waals surface area contributed by atoms with E-state index >= 15 is 0 Å². The fourth-order valence-electron chi connectivity index (χ4n) is 3.66. The van der Waals surface area contributed by atoms with Gasteiger partial charge in [0.25, 0.3) is 0 Å². The van der Waals surface area contributed by atoms with Crippen LogP contribution in [0.3, 0.4) is 0 Å². The van der Waals surface area contributed by atoms with Crippen molar-refractivity contribution in [1.82, 2.24) is 14.5 Å². The van der Waals surface area contributed by atoms with Gasteiger partial charge in [-0.15, -0.1) is 0 Å². The standard InChI is InChI=1S/C21H27BrN4O3/c1-5-27-9-16-25-17-18(14-7-6-13(22)8-15(14)24-19(17)23)26(16)10-21(4)11-28-20(2,3)29-12-21/h6-8H,5,9-12H2,1-4H3,(H2,23,24). The molecule has 3 aromatic rings. The maximum absolute atomic E-state index is 6.29. The summed E-state index contributed by atoms with van der Waals surface area (Å²) in [5.74, 6) is 0.694. The number of rotatable bonds is 5. The molecular weight excluding hydrogens is 436 g/mol. The van der Waals surface area contributed by atoms with Gasteiger partial charge in [-0.25, -0.2) is 9.97 Å². The van der Waals surface area contributed by atoms with Gasteiger partial charge in [-0.05, 0) is 39.0 Å². The fraction of sp³-hybridized carbons (Fsp3) is 0.524. The first-order chi connectivity index (χ1) is 13.7. The molecule has 1 fully saturated rings. The van der Waals surface area contributed by atoms with Gasteiger partial charge in [0.2, 0.25) is 0 Å². The van der Waals surface area contributed by atoms with Crippen LogP contribution in [0.15, 0.2) is 22.7 Å². The van der Waals surface area contributed by atoms with Crippen molar-refractivity contribution in [2.45, 2.75) is 46.6 Å². The number of ether oxygens (including phenoxy) is 3. The second-order valence-corrected chi connectivity index (χ2v) is 9.31. The Bertz CT molecular complexity index is 1050. The molecule has 4 rings (SSSR count). The van der Waals surface area contributed by atoms with Crippen LogP contribution in [0, 0.1) is 5.41 Å². The normalized spacial score (nSPS) is 18.5. The molecule has 0 amide bonds. The third-order valence-corrected chi connectivity index (χ3v) is 5.75. The van der Waals surface area contributed by atoms with Gasteiger partial charge in [-0.3, -0.25) is 0 Å². The Morgan fingerprint density at radius 2 is 1.93 bits per heavy atom. The van der Waals surface area contributed by atoms with E-state index in [1.165, 1.54) is 0 Å². The first-order valence-corrected chi connectivity index (χ1v) is 10.6. The Morgan fingerprint density at radius 3 is 2.62 bits per heavy atom. The molecule has 0 saturated carbocycles. The number of benzene rings is 1. The minimum absolute atomic E-state index is 0.205. The third-order valence-electron chi connectivity index (χ3n) is 5.26. The Balaban J connectivity index is 1.86. The maximum atomic E-state index is 6.29. The van der Waals surface area contributed by atoms with Gasteiger partial charge in [-0.1, -0.05) is 22.9 Å². The average Bonchev–Trinajstić information content (AvgIpc) is 3.02. The average molecular weight is 463 g/mol. The van der Waals surface area contributed by atoms with Crippen LogP contribution in [0.25, 0.3) is 21.9 Å². The van der Waals surface area contributed by atoms with Gasteiger partial charge >= 0.3 is 0 Å². The molecule has 1 aliphatic heterocycles.